The van der Waals surface area contributed by atoms with Crippen LogP contribution >= 0.6 is 0 Å². The van der Waals surface area contributed by atoms with Gasteiger partial charge < -0.3 is 0 Å². The smallest absolute Gasteiger partial charge is 0.232 e. The maximum Gasteiger partial charge on any atom is 0.379 e. The minimum Gasteiger partial charge on any atom is -0.232 e. The SMILES string of the molecule is FC1(F)C2C(F)(F)C(F)(C1(F)F)C1(F)C(F)(F)C(F)(F)C(F)(F)C21F. The van der Waals surface area contributed by atoms with Crippen molar-refractivity contribution >= 4 is 0 Å². The molecular weight excluding hydrogens is 405 g/mol. The van der Waals surface area contributed by atoms with E-state index in [2.05, 4.69) is 0 Å². The van der Waals surface area contributed by atoms with E-state index in [1.165, 1.54) is 0 Å². The van der Waals surface area contributed by atoms with Gasteiger partial charge in [0.2, 0.25) is 5.67 Å². The standard InChI is InChI=1S/C10HF15/c11-2-1-3(12,13)6(17,8(20,21)4(1,14)15)5(2,16)9(22,23)10(24,25)7(2,18)19/h1H. The van der Waals surface area contributed by atoms with Crippen LogP contribution < -0.4 is 0 Å². The Morgan fingerprint density at radius 1 is 0.360 bits per heavy atom. The van der Waals surface area contributed by atoms with Crippen LogP contribution in [0.4, 0.5) is 65.9 Å². The quantitative estimate of drug-likeness (QED) is 0.517. The van der Waals surface area contributed by atoms with Crippen LogP contribution in [-0.2, 0) is 0 Å². The summed E-state index contributed by atoms with van der Waals surface area (Å²) in [5.74, 6) is -49.1. The molecule has 0 N–H and O–H groups in total. The van der Waals surface area contributed by atoms with Crippen molar-refractivity contribution in [3.05, 3.63) is 0 Å². The average Bonchev–Trinajstić information content (AvgIpc) is 2.60. The summed E-state index contributed by atoms with van der Waals surface area (Å²) in [4.78, 5) is 0. The zero-order valence-corrected chi connectivity index (χ0v) is 10.7. The lowest BCUT2D eigenvalue weighted by molar-refractivity contribution is -0.364. The van der Waals surface area contributed by atoms with Gasteiger partial charge in [-0.3, -0.25) is 0 Å². The van der Waals surface area contributed by atoms with E-state index in [9.17, 15) is 65.9 Å². The molecule has 0 aliphatic heterocycles. The maximum absolute atomic E-state index is 14.3. The molecule has 0 nitrogen and oxygen atoms in total. The zero-order valence-electron chi connectivity index (χ0n) is 10.7. The van der Waals surface area contributed by atoms with Crippen LogP contribution in [0.3, 0.4) is 0 Å². The number of halogens is 15. The Kier molecular flexibility index (Phi) is 2.65. The molecule has 146 valence electrons. The Morgan fingerprint density at radius 2 is 0.760 bits per heavy atom. The van der Waals surface area contributed by atoms with Gasteiger partial charge in [-0.05, 0) is 0 Å². The van der Waals surface area contributed by atoms with Crippen molar-refractivity contribution < 1.29 is 65.9 Å². The second-order valence-electron chi connectivity index (χ2n) is 6.01. The van der Waals surface area contributed by atoms with Gasteiger partial charge in [0.25, 0.3) is 11.3 Å². The molecule has 4 atom stereocenters. The highest BCUT2D eigenvalue weighted by Crippen LogP contribution is 2.88. The van der Waals surface area contributed by atoms with Crippen LogP contribution in [-0.4, -0.2) is 52.5 Å². The predicted molar refractivity (Wildman–Crippen MR) is 44.7 cm³/mol. The first-order valence-corrected chi connectivity index (χ1v) is 5.95. The Bertz CT molecular complexity index is 665. The topological polar surface area (TPSA) is 0 Å². The van der Waals surface area contributed by atoms with Gasteiger partial charge in [0.05, 0.1) is 0 Å². The van der Waals surface area contributed by atoms with E-state index in [0.717, 1.165) is 0 Å². The molecule has 0 aromatic heterocycles. The molecular formula is C10HF15. The molecule has 2 bridgehead atoms. The lowest BCUT2D eigenvalue weighted by Gasteiger charge is -2.46. The van der Waals surface area contributed by atoms with Crippen molar-refractivity contribution in [2.24, 2.45) is 5.92 Å². The van der Waals surface area contributed by atoms with Crippen LogP contribution in [0, 0.1) is 5.92 Å². The first-order valence-electron chi connectivity index (χ1n) is 5.95. The van der Waals surface area contributed by atoms with Crippen LogP contribution in [0.5, 0.6) is 0 Å². The molecule has 0 heterocycles. The molecule has 0 aromatic rings. The van der Waals surface area contributed by atoms with Crippen LogP contribution in [0.25, 0.3) is 0 Å². The molecule has 4 unspecified atom stereocenters. The molecule has 3 aliphatic rings. The van der Waals surface area contributed by atoms with E-state index < -0.39 is 58.5 Å². The van der Waals surface area contributed by atoms with Crippen LogP contribution in [0.2, 0.25) is 0 Å². The Labute approximate surface area is 125 Å². The second-order valence-corrected chi connectivity index (χ2v) is 6.01. The first kappa shape index (κ1) is 18.7. The summed E-state index contributed by atoms with van der Waals surface area (Å²) in [6.45, 7) is 0. The second kappa shape index (κ2) is 3.53. The molecule has 3 rings (SSSR count). The van der Waals surface area contributed by atoms with Crippen molar-refractivity contribution in [2.75, 3.05) is 0 Å². The van der Waals surface area contributed by atoms with Crippen molar-refractivity contribution in [3.8, 4) is 0 Å². The molecule has 0 amide bonds. The van der Waals surface area contributed by atoms with Crippen molar-refractivity contribution in [3.63, 3.8) is 0 Å². The first-order chi connectivity index (χ1) is 10.6. The van der Waals surface area contributed by atoms with Gasteiger partial charge in [-0.2, -0.15) is 43.9 Å². The van der Waals surface area contributed by atoms with E-state index in [1.807, 2.05) is 0 Å². The lowest BCUT2D eigenvalue weighted by Crippen LogP contribution is -2.77. The Morgan fingerprint density at radius 3 is 1.16 bits per heavy atom. The number of rotatable bonds is 0. The van der Waals surface area contributed by atoms with Gasteiger partial charge in [0.1, 0.15) is 5.92 Å². The van der Waals surface area contributed by atoms with E-state index in [1.54, 1.807) is 0 Å². The molecule has 3 fully saturated rings. The van der Waals surface area contributed by atoms with Crippen LogP contribution in [0.15, 0.2) is 0 Å². The molecule has 0 radical (unpaired) electrons. The van der Waals surface area contributed by atoms with Gasteiger partial charge in [-0.1, -0.05) is 0 Å². The van der Waals surface area contributed by atoms with Crippen molar-refractivity contribution in [2.45, 2.75) is 52.5 Å². The molecule has 3 saturated carbocycles. The molecule has 15 heteroatoms. The van der Waals surface area contributed by atoms with Gasteiger partial charge >= 0.3 is 35.5 Å². The van der Waals surface area contributed by atoms with Gasteiger partial charge in [-0.25, -0.2) is 22.0 Å². The minimum absolute atomic E-state index is 5.83. The molecule has 3 aliphatic carbocycles. The molecule has 25 heavy (non-hydrogen) atoms. The van der Waals surface area contributed by atoms with E-state index >= 15 is 0 Å². The third-order valence-electron chi connectivity index (χ3n) is 5.09. The van der Waals surface area contributed by atoms with Gasteiger partial charge in [0.15, 0.2) is 0 Å². The highest BCUT2D eigenvalue weighted by molar-refractivity contribution is 5.52. The molecule has 0 spiro atoms. The maximum atomic E-state index is 14.3. The van der Waals surface area contributed by atoms with Gasteiger partial charge in [-0.15, -0.1) is 0 Å². The summed E-state index contributed by atoms with van der Waals surface area (Å²) in [6.07, 6.45) is 0. The zero-order chi connectivity index (χ0) is 20.1. The van der Waals surface area contributed by atoms with Crippen LogP contribution in [0.1, 0.15) is 0 Å². The Hall–Kier alpha value is -1.05. The Balaban J connectivity index is 2.57. The largest absolute Gasteiger partial charge is 0.379 e. The number of hydrogen-bond donors (Lipinski definition) is 0. The highest BCUT2D eigenvalue weighted by atomic mass is 19.4. The average molecular weight is 406 g/mol. The van der Waals surface area contributed by atoms with E-state index in [-0.39, 0.29) is 0 Å². The number of alkyl halides is 15. The fourth-order valence-electron chi connectivity index (χ4n) is 3.93. The number of fused-ring (bicyclic) bond motifs is 5. The van der Waals surface area contributed by atoms with Crippen molar-refractivity contribution in [1.29, 1.82) is 0 Å². The summed E-state index contributed by atoms with van der Waals surface area (Å²) in [6, 6.07) is 0. The molecule has 0 saturated heterocycles. The normalized spacial score (nSPS) is 52.2. The monoisotopic (exact) mass is 406 g/mol. The predicted octanol–water partition coefficient (Wildman–Crippen LogP) is 4.58. The van der Waals surface area contributed by atoms with Gasteiger partial charge in [0, 0.05) is 0 Å². The third-order valence-corrected chi connectivity index (χ3v) is 5.09. The lowest BCUT2D eigenvalue weighted by atomic mass is 9.69. The van der Waals surface area contributed by atoms with Crippen molar-refractivity contribution in [1.82, 2.24) is 0 Å². The summed E-state index contributed by atoms with van der Waals surface area (Å²) >= 11 is 0. The minimum atomic E-state index is -7.52. The summed E-state index contributed by atoms with van der Waals surface area (Å²) in [5, 5.41) is 0. The summed E-state index contributed by atoms with van der Waals surface area (Å²) in [7, 11) is 0. The van der Waals surface area contributed by atoms with E-state index in [4.69, 9.17) is 0 Å². The third kappa shape index (κ3) is 1.05. The fraction of sp³-hybridized carbons (Fsp3) is 1.00. The fourth-order valence-corrected chi connectivity index (χ4v) is 3.93. The molecule has 0 aromatic carbocycles. The summed E-state index contributed by atoms with van der Waals surface area (Å²) < 4.78 is 203. The summed E-state index contributed by atoms with van der Waals surface area (Å²) in [5.41, 5.74) is -21.8. The highest BCUT2D eigenvalue weighted by Gasteiger charge is 3.20. The van der Waals surface area contributed by atoms with E-state index in [0.29, 0.717) is 0 Å². The number of hydrogen-bond acceptors (Lipinski definition) is 0.